The van der Waals surface area contributed by atoms with Crippen LogP contribution in [0.5, 0.6) is 0 Å². The maximum absolute atomic E-state index is 12.4. The van der Waals surface area contributed by atoms with Gasteiger partial charge in [0.1, 0.15) is 6.10 Å². The second kappa shape index (κ2) is 8.54. The summed E-state index contributed by atoms with van der Waals surface area (Å²) in [5.41, 5.74) is 2.28. The molecule has 6 heteroatoms. The Hall–Kier alpha value is -2.08. The number of hydrogen-bond donors (Lipinski definition) is 3. The third-order valence-corrected chi connectivity index (χ3v) is 5.46. The molecule has 0 aromatic heterocycles. The van der Waals surface area contributed by atoms with Crippen LogP contribution in [0.2, 0.25) is 0 Å². The van der Waals surface area contributed by atoms with Gasteiger partial charge in [-0.1, -0.05) is 29.8 Å². The number of carboxylic acid groups (broad SMARTS) is 1. The van der Waals surface area contributed by atoms with Crippen molar-refractivity contribution in [2.75, 3.05) is 6.61 Å². The normalized spacial score (nSPS) is 29.0. The highest BCUT2D eigenvalue weighted by Gasteiger charge is 2.30. The molecule has 2 unspecified atom stereocenters. The van der Waals surface area contributed by atoms with E-state index in [2.05, 4.69) is 34.9 Å². The Bertz CT molecular complexity index is 623. The molecule has 2 fully saturated rings. The molecule has 1 aromatic rings. The Kier molecular flexibility index (Phi) is 6.14. The van der Waals surface area contributed by atoms with Crippen LogP contribution in [0, 0.1) is 12.8 Å². The van der Waals surface area contributed by atoms with Gasteiger partial charge in [0, 0.05) is 12.6 Å². The van der Waals surface area contributed by atoms with Gasteiger partial charge in [-0.25, -0.2) is 4.79 Å². The zero-order chi connectivity index (χ0) is 18.5. The molecule has 1 aliphatic heterocycles. The number of carboxylic acids is 1. The standard InChI is InChI=1S/C20H28N2O4/c1-13-4-6-14(7-5-13)18-17(3-2-12-26-18)22-20(25)21-16-10-8-15(9-11-16)19(23)24/h4-7,15-18H,2-3,8-12H2,1H3,(H,23,24)(H2,21,22,25). The van der Waals surface area contributed by atoms with Crippen molar-refractivity contribution in [3.05, 3.63) is 35.4 Å². The molecular formula is C20H28N2O4. The minimum atomic E-state index is -0.729. The smallest absolute Gasteiger partial charge is 0.315 e. The molecule has 1 saturated heterocycles. The number of hydrogen-bond acceptors (Lipinski definition) is 3. The maximum atomic E-state index is 12.4. The van der Waals surface area contributed by atoms with Crippen LogP contribution in [-0.4, -0.2) is 35.8 Å². The predicted molar refractivity (Wildman–Crippen MR) is 97.9 cm³/mol. The average Bonchev–Trinajstić information content (AvgIpc) is 2.63. The number of rotatable bonds is 4. The average molecular weight is 360 g/mol. The van der Waals surface area contributed by atoms with Gasteiger partial charge in [-0.15, -0.1) is 0 Å². The molecule has 1 saturated carbocycles. The zero-order valence-corrected chi connectivity index (χ0v) is 15.2. The van der Waals surface area contributed by atoms with Crippen LogP contribution in [0.3, 0.4) is 0 Å². The van der Waals surface area contributed by atoms with E-state index in [1.807, 2.05) is 6.92 Å². The number of benzene rings is 1. The quantitative estimate of drug-likeness (QED) is 0.770. The zero-order valence-electron chi connectivity index (χ0n) is 15.2. The minimum Gasteiger partial charge on any atom is -0.481 e. The molecule has 3 rings (SSSR count). The van der Waals surface area contributed by atoms with Gasteiger partial charge in [-0.05, 0) is 51.0 Å². The Morgan fingerprint density at radius 2 is 1.73 bits per heavy atom. The fourth-order valence-corrected chi connectivity index (χ4v) is 3.89. The van der Waals surface area contributed by atoms with Gasteiger partial charge >= 0.3 is 12.0 Å². The van der Waals surface area contributed by atoms with Crippen molar-refractivity contribution in [1.29, 1.82) is 0 Å². The molecule has 0 radical (unpaired) electrons. The van der Waals surface area contributed by atoms with Gasteiger partial charge < -0.3 is 20.5 Å². The predicted octanol–water partition coefficient (Wildman–Crippen LogP) is 3.16. The van der Waals surface area contributed by atoms with Crippen LogP contribution in [-0.2, 0) is 9.53 Å². The third-order valence-electron chi connectivity index (χ3n) is 5.46. The van der Waals surface area contributed by atoms with E-state index < -0.39 is 5.97 Å². The molecule has 2 atom stereocenters. The summed E-state index contributed by atoms with van der Waals surface area (Å²) in [6, 6.07) is 8.05. The highest BCUT2D eigenvalue weighted by atomic mass is 16.5. The molecule has 6 nitrogen and oxygen atoms in total. The van der Waals surface area contributed by atoms with E-state index in [0.717, 1.165) is 18.4 Å². The number of nitrogens with one attached hydrogen (secondary N) is 2. The van der Waals surface area contributed by atoms with E-state index in [0.29, 0.717) is 32.3 Å². The summed E-state index contributed by atoms with van der Waals surface area (Å²) in [6.07, 6.45) is 4.37. The van der Waals surface area contributed by atoms with Crippen molar-refractivity contribution in [3.63, 3.8) is 0 Å². The second-order valence-corrected chi connectivity index (χ2v) is 7.46. The molecule has 2 amide bonds. The summed E-state index contributed by atoms with van der Waals surface area (Å²) in [4.78, 5) is 23.5. The number of carbonyl (C=O) groups excluding carboxylic acids is 1. The largest absolute Gasteiger partial charge is 0.481 e. The maximum Gasteiger partial charge on any atom is 0.315 e. The lowest BCUT2D eigenvalue weighted by Crippen LogP contribution is -2.50. The molecule has 142 valence electrons. The highest BCUT2D eigenvalue weighted by Crippen LogP contribution is 2.29. The minimum absolute atomic E-state index is 0.0490. The van der Waals surface area contributed by atoms with Crippen molar-refractivity contribution in [2.24, 2.45) is 5.92 Å². The second-order valence-electron chi connectivity index (χ2n) is 7.46. The first-order chi connectivity index (χ1) is 12.5. The van der Waals surface area contributed by atoms with Gasteiger partial charge in [0.05, 0.1) is 12.0 Å². The first-order valence-corrected chi connectivity index (χ1v) is 9.51. The van der Waals surface area contributed by atoms with E-state index in [9.17, 15) is 9.59 Å². The summed E-state index contributed by atoms with van der Waals surface area (Å²) in [5, 5.41) is 15.1. The first kappa shape index (κ1) is 18.7. The van der Waals surface area contributed by atoms with Crippen LogP contribution in [0.15, 0.2) is 24.3 Å². The highest BCUT2D eigenvalue weighted by molar-refractivity contribution is 5.75. The fraction of sp³-hybridized carbons (Fsp3) is 0.600. The third kappa shape index (κ3) is 4.75. The molecule has 2 aliphatic rings. The molecular weight excluding hydrogens is 332 g/mol. The monoisotopic (exact) mass is 360 g/mol. The van der Waals surface area contributed by atoms with Crippen LogP contribution in [0.4, 0.5) is 4.79 Å². The van der Waals surface area contributed by atoms with Gasteiger partial charge in [-0.2, -0.15) is 0 Å². The van der Waals surface area contributed by atoms with E-state index >= 15 is 0 Å². The van der Waals surface area contributed by atoms with Crippen molar-refractivity contribution < 1.29 is 19.4 Å². The number of aliphatic carboxylic acids is 1. The fourth-order valence-electron chi connectivity index (χ4n) is 3.89. The number of carbonyl (C=O) groups is 2. The molecule has 1 aromatic carbocycles. The van der Waals surface area contributed by atoms with Crippen molar-refractivity contribution in [2.45, 2.75) is 63.6 Å². The van der Waals surface area contributed by atoms with Gasteiger partial charge in [-0.3, -0.25) is 4.79 Å². The van der Waals surface area contributed by atoms with Crippen molar-refractivity contribution in [3.8, 4) is 0 Å². The Morgan fingerprint density at radius 1 is 1.04 bits per heavy atom. The van der Waals surface area contributed by atoms with Gasteiger partial charge in [0.25, 0.3) is 0 Å². The Labute approximate surface area is 154 Å². The number of amides is 2. The molecule has 0 spiro atoms. The molecule has 3 N–H and O–H groups in total. The molecule has 26 heavy (non-hydrogen) atoms. The number of ether oxygens (including phenoxy) is 1. The summed E-state index contributed by atoms with van der Waals surface area (Å²) in [6.45, 7) is 2.76. The Morgan fingerprint density at radius 3 is 2.38 bits per heavy atom. The topological polar surface area (TPSA) is 87.7 Å². The van der Waals surface area contributed by atoms with E-state index in [1.165, 1.54) is 5.56 Å². The lowest BCUT2D eigenvalue weighted by atomic mass is 9.86. The lowest BCUT2D eigenvalue weighted by molar-refractivity contribution is -0.142. The lowest BCUT2D eigenvalue weighted by Gasteiger charge is -2.34. The SMILES string of the molecule is Cc1ccc(C2OCCCC2NC(=O)NC2CCC(C(=O)O)CC2)cc1. The van der Waals surface area contributed by atoms with Crippen LogP contribution in [0.25, 0.3) is 0 Å². The summed E-state index contributed by atoms with van der Waals surface area (Å²) in [7, 11) is 0. The van der Waals surface area contributed by atoms with E-state index in [4.69, 9.17) is 9.84 Å². The molecule has 1 aliphatic carbocycles. The van der Waals surface area contributed by atoms with Gasteiger partial charge in [0.15, 0.2) is 0 Å². The summed E-state index contributed by atoms with van der Waals surface area (Å²) in [5.74, 6) is -0.998. The summed E-state index contributed by atoms with van der Waals surface area (Å²) < 4.78 is 5.94. The Balaban J connectivity index is 1.53. The number of urea groups is 1. The molecule has 1 heterocycles. The van der Waals surface area contributed by atoms with Crippen LogP contribution in [0.1, 0.15) is 55.8 Å². The molecule has 0 bridgehead atoms. The number of aryl methyl sites for hydroxylation is 1. The van der Waals surface area contributed by atoms with E-state index in [-0.39, 0.29) is 30.1 Å². The van der Waals surface area contributed by atoms with Crippen molar-refractivity contribution in [1.82, 2.24) is 10.6 Å². The van der Waals surface area contributed by atoms with Gasteiger partial charge in [0.2, 0.25) is 0 Å². The summed E-state index contributed by atoms with van der Waals surface area (Å²) >= 11 is 0. The van der Waals surface area contributed by atoms with Crippen LogP contribution >= 0.6 is 0 Å². The van der Waals surface area contributed by atoms with E-state index in [1.54, 1.807) is 0 Å². The van der Waals surface area contributed by atoms with Crippen molar-refractivity contribution >= 4 is 12.0 Å². The van der Waals surface area contributed by atoms with Crippen LogP contribution < -0.4 is 10.6 Å². The first-order valence-electron chi connectivity index (χ1n) is 9.51.